The Labute approximate surface area is 68.0 Å². The first kappa shape index (κ1) is 8.41. The quantitative estimate of drug-likeness (QED) is 0.629. The van der Waals surface area contributed by atoms with Crippen LogP contribution in [0.5, 0.6) is 0 Å². The van der Waals surface area contributed by atoms with E-state index in [2.05, 4.69) is 17.1 Å². The normalized spacial score (nSPS) is 25.5. The fraction of sp³-hybridized carbons (Fsp3) is 1.00. The van der Waals surface area contributed by atoms with Crippen molar-refractivity contribution < 1.29 is 0 Å². The van der Waals surface area contributed by atoms with Crippen molar-refractivity contribution in [2.24, 2.45) is 0 Å². The van der Waals surface area contributed by atoms with Crippen molar-refractivity contribution in [3.63, 3.8) is 0 Å². The van der Waals surface area contributed by atoms with Crippen LogP contribution in [0.2, 0.25) is 0 Å². The second-order valence-electron chi connectivity index (χ2n) is 2.88. The van der Waals surface area contributed by atoms with Crippen LogP contribution < -0.4 is 5.32 Å². The van der Waals surface area contributed by atoms with Crippen LogP contribution in [-0.4, -0.2) is 24.6 Å². The molecule has 1 aliphatic rings. The largest absolute Gasteiger partial charge is 0.320 e. The molecule has 10 heavy (non-hydrogen) atoms. The van der Waals surface area contributed by atoms with Crippen molar-refractivity contribution in [2.75, 3.05) is 19.3 Å². The smallest absolute Gasteiger partial charge is 0.00478 e. The maximum absolute atomic E-state index is 3.18. The lowest BCUT2D eigenvalue weighted by Gasteiger charge is -2.06. The summed E-state index contributed by atoms with van der Waals surface area (Å²) in [6.07, 6.45) is 5.70. The van der Waals surface area contributed by atoms with Crippen molar-refractivity contribution in [3.05, 3.63) is 0 Å². The van der Waals surface area contributed by atoms with Gasteiger partial charge in [0, 0.05) is 5.25 Å². The van der Waals surface area contributed by atoms with Crippen LogP contribution in [0.1, 0.15) is 25.7 Å². The van der Waals surface area contributed by atoms with E-state index in [0.29, 0.717) is 0 Å². The van der Waals surface area contributed by atoms with E-state index in [-0.39, 0.29) is 0 Å². The summed E-state index contributed by atoms with van der Waals surface area (Å²) in [5.74, 6) is 1.41. The zero-order valence-electron chi connectivity index (χ0n) is 6.73. The molecular formula is C8H17NS. The molecule has 0 aromatic carbocycles. The van der Waals surface area contributed by atoms with Gasteiger partial charge in [0.05, 0.1) is 0 Å². The van der Waals surface area contributed by atoms with Crippen molar-refractivity contribution >= 4 is 11.8 Å². The van der Waals surface area contributed by atoms with Gasteiger partial charge in [-0.25, -0.2) is 0 Å². The van der Waals surface area contributed by atoms with Crippen LogP contribution >= 0.6 is 11.8 Å². The summed E-state index contributed by atoms with van der Waals surface area (Å²) in [6, 6.07) is 0. The highest BCUT2D eigenvalue weighted by Crippen LogP contribution is 2.29. The molecule has 2 heteroatoms. The van der Waals surface area contributed by atoms with Crippen molar-refractivity contribution in [3.8, 4) is 0 Å². The minimum atomic E-state index is 0.994. The zero-order chi connectivity index (χ0) is 7.23. The Morgan fingerprint density at radius 3 is 3.10 bits per heavy atom. The summed E-state index contributed by atoms with van der Waals surface area (Å²) < 4.78 is 0. The van der Waals surface area contributed by atoms with E-state index >= 15 is 0 Å². The van der Waals surface area contributed by atoms with Gasteiger partial charge in [-0.2, -0.15) is 11.8 Å². The SMILES string of the molecule is CNCCCC1CCCS1. The van der Waals surface area contributed by atoms with Crippen molar-refractivity contribution in [1.82, 2.24) is 5.32 Å². The third-order valence-corrected chi connectivity index (χ3v) is 3.44. The number of rotatable bonds is 4. The van der Waals surface area contributed by atoms with Crippen LogP contribution in [0.3, 0.4) is 0 Å². The number of nitrogens with one attached hydrogen (secondary N) is 1. The zero-order valence-corrected chi connectivity index (χ0v) is 7.54. The Balaban J connectivity index is 1.91. The van der Waals surface area contributed by atoms with Gasteiger partial charge < -0.3 is 5.32 Å². The molecule has 0 amide bonds. The highest BCUT2D eigenvalue weighted by molar-refractivity contribution is 8.00. The van der Waals surface area contributed by atoms with Crippen LogP contribution in [0.25, 0.3) is 0 Å². The molecule has 0 radical (unpaired) electrons. The number of hydrogen-bond acceptors (Lipinski definition) is 2. The fourth-order valence-electron chi connectivity index (χ4n) is 1.38. The molecule has 1 unspecified atom stereocenters. The van der Waals surface area contributed by atoms with Gasteiger partial charge in [-0.1, -0.05) is 0 Å². The molecule has 0 aromatic heterocycles. The van der Waals surface area contributed by atoms with E-state index in [1.165, 1.54) is 38.0 Å². The number of thioether (sulfide) groups is 1. The molecule has 1 N–H and O–H groups in total. The van der Waals surface area contributed by atoms with E-state index in [4.69, 9.17) is 0 Å². The van der Waals surface area contributed by atoms with Gasteiger partial charge in [-0.05, 0) is 45.0 Å². The summed E-state index contributed by atoms with van der Waals surface area (Å²) >= 11 is 2.17. The van der Waals surface area contributed by atoms with Gasteiger partial charge in [0.2, 0.25) is 0 Å². The van der Waals surface area contributed by atoms with E-state index in [1.54, 1.807) is 0 Å². The minimum Gasteiger partial charge on any atom is -0.320 e. The first-order valence-electron chi connectivity index (χ1n) is 4.19. The molecule has 1 rings (SSSR count). The van der Waals surface area contributed by atoms with Gasteiger partial charge in [0.1, 0.15) is 0 Å². The fourth-order valence-corrected chi connectivity index (χ4v) is 2.71. The van der Waals surface area contributed by atoms with E-state index in [1.807, 2.05) is 7.05 Å². The second kappa shape index (κ2) is 5.03. The molecule has 1 heterocycles. The van der Waals surface area contributed by atoms with Gasteiger partial charge in [0.15, 0.2) is 0 Å². The lowest BCUT2D eigenvalue weighted by Crippen LogP contribution is -2.09. The van der Waals surface area contributed by atoms with Crippen molar-refractivity contribution in [1.29, 1.82) is 0 Å². The Kier molecular flexibility index (Phi) is 4.23. The van der Waals surface area contributed by atoms with E-state index in [0.717, 1.165) is 5.25 Å². The molecule has 0 bridgehead atoms. The third-order valence-electron chi connectivity index (χ3n) is 1.98. The summed E-state index contributed by atoms with van der Waals surface area (Å²) in [5.41, 5.74) is 0. The Hall–Kier alpha value is 0.310. The van der Waals surface area contributed by atoms with Gasteiger partial charge >= 0.3 is 0 Å². The molecule has 0 spiro atoms. The Morgan fingerprint density at radius 2 is 2.50 bits per heavy atom. The second-order valence-corrected chi connectivity index (χ2v) is 4.29. The lowest BCUT2D eigenvalue weighted by molar-refractivity contribution is 0.639. The molecule has 0 saturated carbocycles. The van der Waals surface area contributed by atoms with Crippen molar-refractivity contribution in [2.45, 2.75) is 30.9 Å². The molecule has 0 aliphatic carbocycles. The predicted molar refractivity (Wildman–Crippen MR) is 48.6 cm³/mol. The molecule has 60 valence electrons. The summed E-state index contributed by atoms with van der Waals surface area (Å²) in [4.78, 5) is 0. The van der Waals surface area contributed by atoms with E-state index < -0.39 is 0 Å². The van der Waals surface area contributed by atoms with E-state index in [9.17, 15) is 0 Å². The molecule has 0 aromatic rings. The lowest BCUT2D eigenvalue weighted by atomic mass is 10.1. The average Bonchev–Trinajstić information content (AvgIpc) is 2.41. The highest BCUT2D eigenvalue weighted by Gasteiger charge is 2.13. The maximum atomic E-state index is 3.18. The summed E-state index contributed by atoms with van der Waals surface area (Å²) in [7, 11) is 2.03. The Bertz CT molecular complexity index is 79.3. The monoisotopic (exact) mass is 159 g/mol. The van der Waals surface area contributed by atoms with Crippen LogP contribution in [0.15, 0.2) is 0 Å². The molecular weight excluding hydrogens is 142 g/mol. The predicted octanol–water partition coefficient (Wildman–Crippen LogP) is 1.88. The topological polar surface area (TPSA) is 12.0 Å². The van der Waals surface area contributed by atoms with Gasteiger partial charge in [0.25, 0.3) is 0 Å². The molecule has 1 fully saturated rings. The van der Waals surface area contributed by atoms with Gasteiger partial charge in [-0.15, -0.1) is 0 Å². The standard InChI is InChI=1S/C8H17NS/c1-9-6-2-4-8-5-3-7-10-8/h8-9H,2-7H2,1H3. The Morgan fingerprint density at radius 1 is 1.60 bits per heavy atom. The maximum Gasteiger partial charge on any atom is 0.00478 e. The highest BCUT2D eigenvalue weighted by atomic mass is 32.2. The first-order valence-corrected chi connectivity index (χ1v) is 5.24. The molecule has 1 atom stereocenters. The average molecular weight is 159 g/mol. The molecule has 1 aliphatic heterocycles. The first-order chi connectivity index (χ1) is 4.93. The summed E-state index contributed by atoms with van der Waals surface area (Å²) in [5, 5.41) is 4.18. The molecule has 1 nitrogen and oxygen atoms in total. The van der Waals surface area contributed by atoms with Gasteiger partial charge in [-0.3, -0.25) is 0 Å². The van der Waals surface area contributed by atoms with Crippen LogP contribution in [0.4, 0.5) is 0 Å². The third kappa shape index (κ3) is 2.93. The number of hydrogen-bond donors (Lipinski definition) is 1. The molecule has 1 saturated heterocycles. The minimum absolute atomic E-state index is 0.994. The summed E-state index contributed by atoms with van der Waals surface area (Å²) in [6.45, 7) is 1.19. The van der Waals surface area contributed by atoms with Crippen LogP contribution in [0, 0.1) is 0 Å². The van der Waals surface area contributed by atoms with Crippen LogP contribution in [-0.2, 0) is 0 Å².